The lowest BCUT2D eigenvalue weighted by Crippen LogP contribution is -2.12. The lowest BCUT2D eigenvalue weighted by molar-refractivity contribution is 0.441. The molecule has 1 atom stereocenters. The van der Waals surface area contributed by atoms with Crippen molar-refractivity contribution in [2.45, 2.75) is 13.0 Å². The van der Waals surface area contributed by atoms with Crippen molar-refractivity contribution >= 4 is 27.5 Å². The second-order valence-electron chi connectivity index (χ2n) is 3.58. The number of aromatic nitrogens is 2. The van der Waals surface area contributed by atoms with Crippen LogP contribution in [0.4, 0.5) is 0 Å². The third kappa shape index (κ3) is 2.68. The molecular formula is C11H11BrClN3O. The van der Waals surface area contributed by atoms with Gasteiger partial charge >= 0.3 is 0 Å². The van der Waals surface area contributed by atoms with Gasteiger partial charge in [-0.25, -0.2) is 0 Å². The number of hydrogen-bond acceptors (Lipinski definition) is 4. The second-order valence-corrected chi connectivity index (χ2v) is 4.87. The Bertz CT molecular complexity index is 529. The summed E-state index contributed by atoms with van der Waals surface area (Å²) in [6.07, 6.45) is 0. The monoisotopic (exact) mass is 315 g/mol. The van der Waals surface area contributed by atoms with Crippen molar-refractivity contribution in [2.24, 2.45) is 0 Å². The van der Waals surface area contributed by atoms with Gasteiger partial charge in [-0.2, -0.15) is 0 Å². The highest BCUT2D eigenvalue weighted by atomic mass is 79.9. The van der Waals surface area contributed by atoms with E-state index in [2.05, 4.69) is 31.4 Å². The fraction of sp³-hybridized carbons (Fsp3) is 0.273. The highest BCUT2D eigenvalue weighted by Gasteiger charge is 2.15. The number of hydrogen-bond donors (Lipinski definition) is 1. The molecule has 1 N–H and O–H groups in total. The predicted octanol–water partition coefficient (Wildman–Crippen LogP) is 3.43. The number of rotatable bonds is 3. The van der Waals surface area contributed by atoms with E-state index in [4.69, 9.17) is 16.0 Å². The van der Waals surface area contributed by atoms with Gasteiger partial charge in [0.2, 0.25) is 11.8 Å². The molecule has 0 aliphatic heterocycles. The van der Waals surface area contributed by atoms with Crippen LogP contribution in [0.1, 0.15) is 18.9 Å². The molecule has 1 heterocycles. The Hall–Kier alpha value is -0.910. The maximum atomic E-state index is 5.94. The Morgan fingerprint density at radius 1 is 1.41 bits per heavy atom. The van der Waals surface area contributed by atoms with Crippen LogP contribution in [-0.2, 0) is 0 Å². The van der Waals surface area contributed by atoms with Crippen LogP contribution in [0.15, 0.2) is 27.1 Å². The summed E-state index contributed by atoms with van der Waals surface area (Å²) in [4.78, 5) is 0. The molecule has 0 spiro atoms. The van der Waals surface area contributed by atoms with Gasteiger partial charge in [-0.1, -0.05) is 11.6 Å². The van der Waals surface area contributed by atoms with Crippen LogP contribution in [0.2, 0.25) is 5.02 Å². The highest BCUT2D eigenvalue weighted by Crippen LogP contribution is 2.30. The highest BCUT2D eigenvalue weighted by molar-refractivity contribution is 9.10. The zero-order valence-electron chi connectivity index (χ0n) is 9.37. The minimum Gasteiger partial charge on any atom is -0.419 e. The SMILES string of the molecule is CNC(C)c1nnc(-c2cc(Cl)ccc2Br)o1. The smallest absolute Gasteiger partial charge is 0.249 e. The summed E-state index contributed by atoms with van der Waals surface area (Å²) in [5.74, 6) is 1.01. The van der Waals surface area contributed by atoms with Crippen molar-refractivity contribution in [1.29, 1.82) is 0 Å². The Labute approximate surface area is 113 Å². The van der Waals surface area contributed by atoms with Crippen molar-refractivity contribution in [2.75, 3.05) is 7.05 Å². The fourth-order valence-electron chi connectivity index (χ4n) is 1.30. The van der Waals surface area contributed by atoms with Crippen molar-refractivity contribution in [1.82, 2.24) is 15.5 Å². The average Bonchev–Trinajstić information content (AvgIpc) is 2.80. The van der Waals surface area contributed by atoms with E-state index in [0.717, 1.165) is 10.0 Å². The van der Waals surface area contributed by atoms with Crippen molar-refractivity contribution in [3.8, 4) is 11.5 Å². The summed E-state index contributed by atoms with van der Waals surface area (Å²) in [5, 5.41) is 11.7. The van der Waals surface area contributed by atoms with Gasteiger partial charge in [-0.3, -0.25) is 0 Å². The van der Waals surface area contributed by atoms with Gasteiger partial charge in [0, 0.05) is 9.50 Å². The predicted molar refractivity (Wildman–Crippen MR) is 69.9 cm³/mol. The van der Waals surface area contributed by atoms with E-state index in [9.17, 15) is 0 Å². The number of nitrogens with zero attached hydrogens (tertiary/aromatic N) is 2. The molecule has 0 aliphatic rings. The molecule has 90 valence electrons. The maximum Gasteiger partial charge on any atom is 0.249 e. The molecular weight excluding hydrogens is 305 g/mol. The Morgan fingerprint density at radius 2 is 2.18 bits per heavy atom. The Kier molecular flexibility index (Phi) is 3.81. The summed E-state index contributed by atoms with van der Waals surface area (Å²) in [6.45, 7) is 1.95. The topological polar surface area (TPSA) is 51.0 Å². The first-order chi connectivity index (χ1) is 8.11. The van der Waals surface area contributed by atoms with E-state index in [1.807, 2.05) is 20.0 Å². The van der Waals surface area contributed by atoms with Crippen LogP contribution in [0, 0.1) is 0 Å². The lowest BCUT2D eigenvalue weighted by atomic mass is 10.2. The number of benzene rings is 1. The molecule has 0 saturated heterocycles. The van der Waals surface area contributed by atoms with Crippen LogP contribution < -0.4 is 5.32 Å². The molecule has 0 radical (unpaired) electrons. The quantitative estimate of drug-likeness (QED) is 0.942. The molecule has 0 aliphatic carbocycles. The molecule has 17 heavy (non-hydrogen) atoms. The second kappa shape index (κ2) is 5.16. The minimum atomic E-state index is 0.0224. The van der Waals surface area contributed by atoms with E-state index < -0.39 is 0 Å². The van der Waals surface area contributed by atoms with E-state index in [1.54, 1.807) is 12.1 Å². The standard InChI is InChI=1S/C11H11BrClN3O/c1-6(14-2)10-15-16-11(17-10)8-5-7(13)3-4-9(8)12/h3-6,14H,1-2H3. The lowest BCUT2D eigenvalue weighted by Gasteiger charge is -2.03. The molecule has 1 unspecified atom stereocenters. The zero-order valence-corrected chi connectivity index (χ0v) is 11.7. The molecule has 0 bridgehead atoms. The average molecular weight is 317 g/mol. The molecule has 0 fully saturated rings. The van der Waals surface area contributed by atoms with Gasteiger partial charge in [0.25, 0.3) is 0 Å². The Balaban J connectivity index is 2.40. The van der Waals surface area contributed by atoms with Crippen LogP contribution in [-0.4, -0.2) is 17.2 Å². The van der Waals surface area contributed by atoms with Gasteiger partial charge in [0.15, 0.2) is 0 Å². The third-order valence-corrected chi connectivity index (χ3v) is 3.33. The Morgan fingerprint density at radius 3 is 2.88 bits per heavy atom. The first kappa shape index (κ1) is 12.5. The van der Waals surface area contributed by atoms with Gasteiger partial charge in [-0.05, 0) is 48.1 Å². The number of nitrogens with one attached hydrogen (secondary N) is 1. The summed E-state index contributed by atoms with van der Waals surface area (Å²) >= 11 is 9.37. The normalized spacial score (nSPS) is 12.7. The largest absolute Gasteiger partial charge is 0.419 e. The molecule has 1 aromatic heterocycles. The van der Waals surface area contributed by atoms with E-state index in [0.29, 0.717) is 16.8 Å². The minimum absolute atomic E-state index is 0.0224. The maximum absolute atomic E-state index is 5.94. The molecule has 0 saturated carbocycles. The van der Waals surface area contributed by atoms with Crippen molar-refractivity contribution in [3.05, 3.63) is 33.6 Å². The molecule has 2 rings (SSSR count). The van der Waals surface area contributed by atoms with Crippen LogP contribution >= 0.6 is 27.5 Å². The van der Waals surface area contributed by atoms with Gasteiger partial charge in [0.1, 0.15) is 0 Å². The summed E-state index contributed by atoms with van der Waals surface area (Å²) in [6, 6.07) is 5.45. The summed E-state index contributed by atoms with van der Waals surface area (Å²) < 4.78 is 6.45. The first-order valence-corrected chi connectivity index (χ1v) is 6.25. The molecule has 1 aromatic carbocycles. The number of halogens is 2. The first-order valence-electron chi connectivity index (χ1n) is 5.08. The van der Waals surface area contributed by atoms with Crippen molar-refractivity contribution in [3.63, 3.8) is 0 Å². The van der Waals surface area contributed by atoms with E-state index in [1.165, 1.54) is 0 Å². The van der Waals surface area contributed by atoms with Crippen LogP contribution in [0.5, 0.6) is 0 Å². The van der Waals surface area contributed by atoms with E-state index >= 15 is 0 Å². The van der Waals surface area contributed by atoms with Crippen LogP contribution in [0.3, 0.4) is 0 Å². The van der Waals surface area contributed by atoms with Gasteiger partial charge < -0.3 is 9.73 Å². The van der Waals surface area contributed by atoms with Gasteiger partial charge in [-0.15, -0.1) is 10.2 Å². The molecule has 6 heteroatoms. The van der Waals surface area contributed by atoms with Crippen LogP contribution in [0.25, 0.3) is 11.5 Å². The van der Waals surface area contributed by atoms with Crippen molar-refractivity contribution < 1.29 is 4.42 Å². The molecule has 4 nitrogen and oxygen atoms in total. The zero-order chi connectivity index (χ0) is 12.4. The van der Waals surface area contributed by atoms with E-state index in [-0.39, 0.29) is 6.04 Å². The third-order valence-electron chi connectivity index (χ3n) is 2.40. The fourth-order valence-corrected chi connectivity index (χ4v) is 1.89. The molecule has 0 amide bonds. The van der Waals surface area contributed by atoms with Gasteiger partial charge in [0.05, 0.1) is 11.6 Å². The summed E-state index contributed by atoms with van der Waals surface area (Å²) in [5.41, 5.74) is 0.791. The summed E-state index contributed by atoms with van der Waals surface area (Å²) in [7, 11) is 1.84. The molecule has 2 aromatic rings.